The van der Waals surface area contributed by atoms with Gasteiger partial charge in [-0.25, -0.2) is 0 Å². The zero-order valence-electron chi connectivity index (χ0n) is 12.3. The molecule has 0 radical (unpaired) electrons. The molecule has 3 heterocycles. The molecule has 0 saturated carbocycles. The molecule has 1 aromatic carbocycles. The highest BCUT2D eigenvalue weighted by Crippen LogP contribution is 2.47. The summed E-state index contributed by atoms with van der Waals surface area (Å²) in [6.07, 6.45) is 3.72. The largest absolute Gasteiger partial charge is 0.497 e. The minimum atomic E-state index is 0.442. The summed E-state index contributed by atoms with van der Waals surface area (Å²) in [6.45, 7) is 0. The van der Waals surface area contributed by atoms with Gasteiger partial charge in [-0.1, -0.05) is 0 Å². The van der Waals surface area contributed by atoms with Crippen molar-refractivity contribution < 1.29 is 9.26 Å². The fourth-order valence-electron chi connectivity index (χ4n) is 3.94. The van der Waals surface area contributed by atoms with Crippen LogP contribution in [0.3, 0.4) is 0 Å². The van der Waals surface area contributed by atoms with Gasteiger partial charge < -0.3 is 9.26 Å². The van der Waals surface area contributed by atoms with E-state index in [4.69, 9.17) is 9.26 Å². The Labute approximate surface area is 123 Å². The number of hydrogen-bond donors (Lipinski definition) is 0. The first-order valence-corrected chi connectivity index (χ1v) is 7.46. The molecule has 0 amide bonds. The van der Waals surface area contributed by atoms with Crippen molar-refractivity contribution in [3.05, 3.63) is 30.0 Å². The van der Waals surface area contributed by atoms with Crippen LogP contribution in [-0.4, -0.2) is 41.5 Å². The molecule has 110 valence electrons. The summed E-state index contributed by atoms with van der Waals surface area (Å²) < 4.78 is 10.7. The maximum absolute atomic E-state index is 5.46. The summed E-state index contributed by atoms with van der Waals surface area (Å²) in [5, 5.41) is 8.12. The highest BCUT2D eigenvalue weighted by molar-refractivity contribution is 5.61. The van der Waals surface area contributed by atoms with E-state index in [2.05, 4.69) is 22.3 Å². The van der Waals surface area contributed by atoms with Crippen molar-refractivity contribution in [1.29, 1.82) is 0 Å². The molecule has 3 unspecified atom stereocenters. The van der Waals surface area contributed by atoms with Crippen LogP contribution in [0.2, 0.25) is 0 Å². The highest BCUT2D eigenvalue weighted by atomic mass is 16.5. The van der Waals surface area contributed by atoms with Gasteiger partial charge in [0, 0.05) is 28.8 Å². The molecule has 2 bridgehead atoms. The van der Waals surface area contributed by atoms with Gasteiger partial charge in [0.2, 0.25) is 0 Å². The quantitative estimate of drug-likeness (QED) is 0.868. The van der Waals surface area contributed by atoms with Crippen LogP contribution in [0.15, 0.2) is 28.8 Å². The lowest BCUT2D eigenvalue weighted by molar-refractivity contribution is 0.306. The molecule has 21 heavy (non-hydrogen) atoms. The fraction of sp³-hybridized carbons (Fsp3) is 0.500. The summed E-state index contributed by atoms with van der Waals surface area (Å²) in [5.41, 5.74) is 2.03. The van der Waals surface area contributed by atoms with Crippen LogP contribution < -0.4 is 4.74 Å². The molecule has 0 spiro atoms. The minimum absolute atomic E-state index is 0.442. The van der Waals surface area contributed by atoms with E-state index in [0.29, 0.717) is 18.0 Å². The molecular weight excluding hydrogens is 266 g/mol. The molecular formula is C16H19N3O2. The van der Waals surface area contributed by atoms with E-state index >= 15 is 0 Å². The molecule has 3 atom stereocenters. The summed E-state index contributed by atoms with van der Waals surface area (Å²) in [7, 11) is 3.89. The lowest BCUT2D eigenvalue weighted by Crippen LogP contribution is -2.25. The molecule has 2 aliphatic rings. The first-order valence-electron chi connectivity index (χ1n) is 7.46. The predicted octanol–water partition coefficient (Wildman–Crippen LogP) is 2.70. The maximum atomic E-state index is 5.46. The number of aromatic nitrogens is 2. The Kier molecular flexibility index (Phi) is 2.96. The zero-order valence-corrected chi connectivity index (χ0v) is 12.3. The van der Waals surface area contributed by atoms with E-state index in [-0.39, 0.29) is 0 Å². The van der Waals surface area contributed by atoms with E-state index in [1.807, 2.05) is 24.3 Å². The number of methoxy groups -OCH3 is 1. The van der Waals surface area contributed by atoms with Gasteiger partial charge in [0.05, 0.1) is 7.11 Å². The molecule has 0 N–H and O–H groups in total. The van der Waals surface area contributed by atoms with Crippen molar-refractivity contribution in [2.24, 2.45) is 0 Å². The molecule has 0 aliphatic carbocycles. The SMILES string of the molecule is COc1ccc(-c2onnc2C2CC3CCC2N3C)cc1. The topological polar surface area (TPSA) is 51.4 Å². The number of likely N-dealkylation sites (N-methyl/N-ethyl adjacent to an activating group) is 1. The zero-order chi connectivity index (χ0) is 14.4. The van der Waals surface area contributed by atoms with Gasteiger partial charge in [0.15, 0.2) is 5.76 Å². The van der Waals surface area contributed by atoms with Gasteiger partial charge in [-0.2, -0.15) is 0 Å². The van der Waals surface area contributed by atoms with Crippen LogP contribution in [0.25, 0.3) is 11.3 Å². The number of rotatable bonds is 3. The van der Waals surface area contributed by atoms with E-state index in [9.17, 15) is 0 Å². The Morgan fingerprint density at radius 1 is 1.24 bits per heavy atom. The average molecular weight is 285 g/mol. The highest BCUT2D eigenvalue weighted by Gasteiger charge is 2.46. The monoisotopic (exact) mass is 285 g/mol. The third-order valence-electron chi connectivity index (χ3n) is 5.10. The summed E-state index contributed by atoms with van der Waals surface area (Å²) in [6, 6.07) is 9.16. The van der Waals surface area contributed by atoms with E-state index in [1.165, 1.54) is 19.3 Å². The molecule has 4 rings (SSSR count). The van der Waals surface area contributed by atoms with Gasteiger partial charge in [-0.3, -0.25) is 4.90 Å². The first-order chi connectivity index (χ1) is 10.3. The van der Waals surface area contributed by atoms with Crippen molar-refractivity contribution in [2.75, 3.05) is 14.2 Å². The third-order valence-corrected chi connectivity index (χ3v) is 5.10. The smallest absolute Gasteiger partial charge is 0.190 e. The molecule has 1 aromatic heterocycles. The van der Waals surface area contributed by atoms with Crippen LogP contribution >= 0.6 is 0 Å². The number of fused-ring (bicyclic) bond motifs is 2. The second kappa shape index (κ2) is 4.84. The van der Waals surface area contributed by atoms with E-state index in [0.717, 1.165) is 22.8 Å². The number of hydrogen-bond acceptors (Lipinski definition) is 5. The van der Waals surface area contributed by atoms with Gasteiger partial charge in [-0.05, 0) is 50.6 Å². The van der Waals surface area contributed by atoms with Crippen LogP contribution in [0, 0.1) is 0 Å². The standard InChI is InChI=1S/C16H19N3O2/c1-19-11-5-8-14(19)13(9-11)15-16(21-18-17-15)10-3-6-12(20-2)7-4-10/h3-4,6-7,11,13-14H,5,8-9H2,1-2H3. The van der Waals surface area contributed by atoms with Crippen molar-refractivity contribution >= 4 is 0 Å². The molecule has 2 aromatic rings. The Morgan fingerprint density at radius 3 is 2.67 bits per heavy atom. The summed E-state index contributed by atoms with van der Waals surface area (Å²) >= 11 is 0. The minimum Gasteiger partial charge on any atom is -0.497 e. The van der Waals surface area contributed by atoms with Gasteiger partial charge in [-0.15, -0.1) is 5.10 Å². The van der Waals surface area contributed by atoms with Crippen molar-refractivity contribution in [2.45, 2.75) is 37.3 Å². The summed E-state index contributed by atoms with van der Waals surface area (Å²) in [4.78, 5) is 2.50. The Hall–Kier alpha value is -1.88. The van der Waals surface area contributed by atoms with Crippen LogP contribution in [0.5, 0.6) is 5.75 Å². The second-order valence-corrected chi connectivity index (χ2v) is 6.02. The lowest BCUT2D eigenvalue weighted by atomic mass is 9.85. The van der Waals surface area contributed by atoms with Crippen LogP contribution in [0.4, 0.5) is 0 Å². The third kappa shape index (κ3) is 1.95. The second-order valence-electron chi connectivity index (χ2n) is 6.02. The van der Waals surface area contributed by atoms with Crippen molar-refractivity contribution in [3.8, 4) is 17.1 Å². The average Bonchev–Trinajstić information content (AvgIpc) is 3.22. The van der Waals surface area contributed by atoms with E-state index in [1.54, 1.807) is 7.11 Å². The van der Waals surface area contributed by atoms with Crippen LogP contribution in [-0.2, 0) is 0 Å². The van der Waals surface area contributed by atoms with E-state index < -0.39 is 0 Å². The number of ether oxygens (including phenoxy) is 1. The fourth-order valence-corrected chi connectivity index (χ4v) is 3.94. The normalized spacial score (nSPS) is 28.2. The van der Waals surface area contributed by atoms with Gasteiger partial charge in [0.1, 0.15) is 11.4 Å². The van der Waals surface area contributed by atoms with Crippen molar-refractivity contribution in [3.63, 3.8) is 0 Å². The maximum Gasteiger partial charge on any atom is 0.190 e. The molecule has 2 fully saturated rings. The first kappa shape index (κ1) is 12.8. The predicted molar refractivity (Wildman–Crippen MR) is 78.2 cm³/mol. The molecule has 2 saturated heterocycles. The Morgan fingerprint density at radius 2 is 2.05 bits per heavy atom. The van der Waals surface area contributed by atoms with Crippen LogP contribution in [0.1, 0.15) is 30.9 Å². The van der Waals surface area contributed by atoms with Gasteiger partial charge >= 0.3 is 0 Å². The molecule has 2 aliphatic heterocycles. The molecule has 5 heteroatoms. The number of benzene rings is 1. The lowest BCUT2D eigenvalue weighted by Gasteiger charge is -2.19. The van der Waals surface area contributed by atoms with Gasteiger partial charge in [0.25, 0.3) is 0 Å². The van der Waals surface area contributed by atoms with Crippen molar-refractivity contribution in [1.82, 2.24) is 15.3 Å². The number of nitrogens with zero attached hydrogens (tertiary/aromatic N) is 3. The summed E-state index contributed by atoms with van der Waals surface area (Å²) in [5.74, 6) is 2.09. The molecule has 5 nitrogen and oxygen atoms in total. The Bertz CT molecular complexity index is 637. The Balaban J connectivity index is 1.67.